The Kier molecular flexibility index (Phi) is 5.03. The molecule has 0 saturated heterocycles. The van der Waals surface area contributed by atoms with Gasteiger partial charge in [-0.3, -0.25) is 4.79 Å². The summed E-state index contributed by atoms with van der Waals surface area (Å²) in [5, 5.41) is 0. The number of aromatic nitrogens is 2. The molecule has 0 atom stereocenters. The van der Waals surface area contributed by atoms with Gasteiger partial charge in [0.25, 0.3) is 5.91 Å². The van der Waals surface area contributed by atoms with Gasteiger partial charge in [0.15, 0.2) is 0 Å². The molecule has 0 spiro atoms. The molecule has 2 heterocycles. The summed E-state index contributed by atoms with van der Waals surface area (Å²) in [7, 11) is 1.96. The molecule has 0 aromatic carbocycles. The standard InChI is InChI=1S/C20H27N3O/c1-15-14-18(16(2)23(15)19-12-8-9-13-21-19)20(24)22(3)17-10-6-4-5-7-11-17/h8-9,12-14,17H,4-7,10-11H2,1-3H3. The minimum atomic E-state index is 0.136. The lowest BCUT2D eigenvalue weighted by Gasteiger charge is -2.27. The van der Waals surface area contributed by atoms with Crippen molar-refractivity contribution in [1.82, 2.24) is 14.5 Å². The van der Waals surface area contributed by atoms with Crippen molar-refractivity contribution in [2.75, 3.05) is 7.05 Å². The zero-order valence-corrected chi connectivity index (χ0v) is 15.0. The fourth-order valence-corrected chi connectivity index (χ4v) is 3.82. The molecule has 3 rings (SSSR count). The Bertz CT molecular complexity index is 697. The molecule has 0 aliphatic heterocycles. The first kappa shape index (κ1) is 16.7. The summed E-state index contributed by atoms with van der Waals surface area (Å²) in [6.45, 7) is 4.04. The molecule has 1 saturated carbocycles. The molecule has 0 radical (unpaired) electrons. The number of pyridine rings is 1. The summed E-state index contributed by atoms with van der Waals surface area (Å²) in [6, 6.07) is 8.23. The number of rotatable bonds is 3. The van der Waals surface area contributed by atoms with Crippen LogP contribution in [0.5, 0.6) is 0 Å². The van der Waals surface area contributed by atoms with Crippen LogP contribution in [0, 0.1) is 13.8 Å². The van der Waals surface area contributed by atoms with Gasteiger partial charge < -0.3 is 9.47 Å². The van der Waals surface area contributed by atoms with Gasteiger partial charge in [0.05, 0.1) is 5.56 Å². The van der Waals surface area contributed by atoms with Crippen LogP contribution in [0.3, 0.4) is 0 Å². The van der Waals surface area contributed by atoms with Crippen molar-refractivity contribution in [3.63, 3.8) is 0 Å². The third-order valence-electron chi connectivity index (χ3n) is 5.23. The SMILES string of the molecule is Cc1cc(C(=O)N(C)C2CCCCCC2)c(C)n1-c1ccccn1. The maximum Gasteiger partial charge on any atom is 0.255 e. The van der Waals surface area contributed by atoms with Crippen LogP contribution in [0.15, 0.2) is 30.5 Å². The second kappa shape index (κ2) is 7.20. The number of carbonyl (C=O) groups excluding carboxylic acids is 1. The molecule has 128 valence electrons. The molecule has 4 heteroatoms. The highest BCUT2D eigenvalue weighted by molar-refractivity contribution is 5.96. The zero-order valence-electron chi connectivity index (χ0n) is 15.0. The van der Waals surface area contributed by atoms with Crippen molar-refractivity contribution in [3.05, 3.63) is 47.4 Å². The Labute approximate surface area is 144 Å². The zero-order chi connectivity index (χ0) is 17.1. The van der Waals surface area contributed by atoms with Crippen molar-refractivity contribution in [1.29, 1.82) is 0 Å². The number of amides is 1. The normalized spacial score (nSPS) is 16.0. The molecule has 2 aromatic rings. The van der Waals surface area contributed by atoms with Crippen molar-refractivity contribution >= 4 is 5.91 Å². The summed E-state index contributed by atoms with van der Waals surface area (Å²) in [5.74, 6) is 1.00. The topological polar surface area (TPSA) is 38.1 Å². The van der Waals surface area contributed by atoms with E-state index in [9.17, 15) is 4.79 Å². The molecule has 2 aromatic heterocycles. The molecule has 24 heavy (non-hydrogen) atoms. The number of hydrogen-bond acceptors (Lipinski definition) is 2. The molecule has 1 aliphatic rings. The van der Waals surface area contributed by atoms with Crippen LogP contribution in [0.1, 0.15) is 60.3 Å². The van der Waals surface area contributed by atoms with Crippen LogP contribution < -0.4 is 0 Å². The Morgan fingerprint density at radius 3 is 2.50 bits per heavy atom. The largest absolute Gasteiger partial charge is 0.339 e. The van der Waals surface area contributed by atoms with Crippen LogP contribution in [-0.4, -0.2) is 33.4 Å². The van der Waals surface area contributed by atoms with E-state index >= 15 is 0 Å². The number of hydrogen-bond donors (Lipinski definition) is 0. The van der Waals surface area contributed by atoms with Crippen LogP contribution in [0.4, 0.5) is 0 Å². The average Bonchev–Trinajstić information content (AvgIpc) is 2.79. The van der Waals surface area contributed by atoms with Crippen LogP contribution in [-0.2, 0) is 0 Å². The lowest BCUT2D eigenvalue weighted by molar-refractivity contribution is 0.0717. The highest BCUT2D eigenvalue weighted by Crippen LogP contribution is 2.25. The first-order chi connectivity index (χ1) is 11.6. The van der Waals surface area contributed by atoms with E-state index in [4.69, 9.17) is 0 Å². The predicted molar refractivity (Wildman–Crippen MR) is 96.6 cm³/mol. The van der Waals surface area contributed by atoms with E-state index in [-0.39, 0.29) is 5.91 Å². The molecule has 0 N–H and O–H groups in total. The van der Waals surface area contributed by atoms with Crippen molar-refractivity contribution in [3.8, 4) is 5.82 Å². The summed E-state index contributed by atoms with van der Waals surface area (Å²) in [5.41, 5.74) is 2.81. The van der Waals surface area contributed by atoms with E-state index in [0.717, 1.165) is 35.6 Å². The monoisotopic (exact) mass is 325 g/mol. The molecule has 0 bridgehead atoms. The minimum absolute atomic E-state index is 0.136. The third-order valence-corrected chi connectivity index (χ3v) is 5.23. The molecule has 1 fully saturated rings. The van der Waals surface area contributed by atoms with Gasteiger partial charge in [-0.1, -0.05) is 31.7 Å². The van der Waals surface area contributed by atoms with Gasteiger partial charge in [0, 0.05) is 30.7 Å². The van der Waals surface area contributed by atoms with Crippen LogP contribution in [0.25, 0.3) is 5.82 Å². The van der Waals surface area contributed by atoms with Crippen LogP contribution in [0.2, 0.25) is 0 Å². The predicted octanol–water partition coefficient (Wildman–Crippen LogP) is 4.28. The van der Waals surface area contributed by atoms with Gasteiger partial charge in [-0.2, -0.15) is 0 Å². The fourth-order valence-electron chi connectivity index (χ4n) is 3.82. The molecular weight excluding hydrogens is 298 g/mol. The van der Waals surface area contributed by atoms with Gasteiger partial charge in [-0.25, -0.2) is 4.98 Å². The average molecular weight is 325 g/mol. The second-order valence-electron chi connectivity index (χ2n) is 6.87. The smallest absolute Gasteiger partial charge is 0.255 e. The first-order valence-corrected chi connectivity index (χ1v) is 8.97. The Balaban J connectivity index is 1.88. The number of aryl methyl sites for hydroxylation is 1. The maximum absolute atomic E-state index is 13.1. The van der Waals surface area contributed by atoms with Gasteiger partial charge in [0.2, 0.25) is 0 Å². The summed E-state index contributed by atoms with van der Waals surface area (Å²) in [6.07, 6.45) is 9.10. The van der Waals surface area contributed by atoms with Crippen molar-refractivity contribution in [2.45, 2.75) is 58.4 Å². The van der Waals surface area contributed by atoms with E-state index in [1.807, 2.05) is 50.1 Å². The summed E-state index contributed by atoms with van der Waals surface area (Å²) >= 11 is 0. The molecular formula is C20H27N3O. The fraction of sp³-hybridized carbons (Fsp3) is 0.500. The lowest BCUT2D eigenvalue weighted by atomic mass is 10.1. The Morgan fingerprint density at radius 1 is 1.17 bits per heavy atom. The summed E-state index contributed by atoms with van der Waals surface area (Å²) in [4.78, 5) is 19.5. The Hall–Kier alpha value is -2.10. The lowest BCUT2D eigenvalue weighted by Crippen LogP contribution is -2.37. The first-order valence-electron chi connectivity index (χ1n) is 8.97. The maximum atomic E-state index is 13.1. The highest BCUT2D eigenvalue weighted by Gasteiger charge is 2.25. The molecule has 4 nitrogen and oxygen atoms in total. The Morgan fingerprint density at radius 2 is 1.88 bits per heavy atom. The third kappa shape index (κ3) is 3.23. The van der Waals surface area contributed by atoms with E-state index in [2.05, 4.69) is 9.55 Å². The van der Waals surface area contributed by atoms with E-state index < -0.39 is 0 Å². The van der Waals surface area contributed by atoms with Gasteiger partial charge in [0.1, 0.15) is 5.82 Å². The minimum Gasteiger partial charge on any atom is -0.339 e. The van der Waals surface area contributed by atoms with E-state index in [1.54, 1.807) is 6.20 Å². The second-order valence-corrected chi connectivity index (χ2v) is 6.87. The number of carbonyl (C=O) groups is 1. The van der Waals surface area contributed by atoms with E-state index in [1.165, 1.54) is 25.7 Å². The molecule has 0 unspecified atom stereocenters. The van der Waals surface area contributed by atoms with Gasteiger partial charge >= 0.3 is 0 Å². The van der Waals surface area contributed by atoms with Crippen molar-refractivity contribution in [2.24, 2.45) is 0 Å². The van der Waals surface area contributed by atoms with Crippen LogP contribution >= 0.6 is 0 Å². The molecule has 1 amide bonds. The highest BCUT2D eigenvalue weighted by atomic mass is 16.2. The van der Waals surface area contributed by atoms with Gasteiger partial charge in [-0.15, -0.1) is 0 Å². The quantitative estimate of drug-likeness (QED) is 0.790. The number of nitrogens with zero attached hydrogens (tertiary/aromatic N) is 3. The molecule has 1 aliphatic carbocycles. The van der Waals surface area contributed by atoms with Crippen molar-refractivity contribution < 1.29 is 4.79 Å². The van der Waals surface area contributed by atoms with E-state index in [0.29, 0.717) is 6.04 Å². The van der Waals surface area contributed by atoms with Gasteiger partial charge in [-0.05, 0) is 44.9 Å². The summed E-state index contributed by atoms with van der Waals surface area (Å²) < 4.78 is 2.06.